The molecule has 0 aliphatic carbocycles. The highest BCUT2D eigenvalue weighted by molar-refractivity contribution is 6.17. The van der Waals surface area contributed by atoms with Gasteiger partial charge in [-0.25, -0.2) is 19.9 Å². The Balaban J connectivity index is 1.24. The van der Waals surface area contributed by atoms with Crippen LogP contribution in [0.25, 0.3) is 106 Å². The van der Waals surface area contributed by atoms with Gasteiger partial charge in [0.15, 0.2) is 17.5 Å². The number of furan rings is 1. The van der Waals surface area contributed by atoms with Gasteiger partial charge in [-0.2, -0.15) is 0 Å². The summed E-state index contributed by atoms with van der Waals surface area (Å²) in [5.74, 6) is 2.42. The van der Waals surface area contributed by atoms with Crippen molar-refractivity contribution in [3.05, 3.63) is 188 Å². The zero-order chi connectivity index (χ0) is 37.0. The maximum atomic E-state index is 6.39. The van der Waals surface area contributed by atoms with E-state index >= 15 is 0 Å². The molecule has 4 aromatic heterocycles. The van der Waals surface area contributed by atoms with Crippen LogP contribution in [0.1, 0.15) is 0 Å². The summed E-state index contributed by atoms with van der Waals surface area (Å²) in [5.41, 5.74) is 10.6. The average Bonchev–Trinajstić information content (AvgIpc) is 3.81. The summed E-state index contributed by atoms with van der Waals surface area (Å²) in [4.78, 5) is 20.9. The van der Waals surface area contributed by atoms with Gasteiger partial charge in [-0.3, -0.25) is 4.57 Å². The Hall–Kier alpha value is -7.70. The molecular formula is C50H31N5O. The standard InChI is InChI=1S/C50H31N5O/c1-4-16-32(17-5-1)36-22-10-11-23-37(36)35-28-42(49-53-47(33-18-6-2-7-19-33)52-48(54-49)34-20-8-3-9-21-34)50(51-31-35)55-43-26-14-12-24-38(43)40-30-46-41(29-44(40)55)39-25-13-15-27-45(39)56-46/h1-31H. The minimum atomic E-state index is 0.528. The number of rotatable bonds is 6. The molecule has 0 aliphatic rings. The molecule has 7 aromatic carbocycles. The van der Waals surface area contributed by atoms with E-state index in [1.807, 2.05) is 85.1 Å². The maximum absolute atomic E-state index is 6.39. The van der Waals surface area contributed by atoms with Crippen LogP contribution in [0.4, 0.5) is 0 Å². The summed E-state index contributed by atoms with van der Waals surface area (Å²) < 4.78 is 8.64. The summed E-state index contributed by atoms with van der Waals surface area (Å²) in [6.07, 6.45) is 1.98. The lowest BCUT2D eigenvalue weighted by Gasteiger charge is -2.16. The van der Waals surface area contributed by atoms with Crippen molar-refractivity contribution >= 4 is 43.7 Å². The number of pyridine rings is 1. The van der Waals surface area contributed by atoms with E-state index < -0.39 is 0 Å². The highest BCUT2D eigenvalue weighted by Gasteiger charge is 2.23. The van der Waals surface area contributed by atoms with Gasteiger partial charge in [0, 0.05) is 44.4 Å². The van der Waals surface area contributed by atoms with Crippen LogP contribution in [-0.2, 0) is 0 Å². The monoisotopic (exact) mass is 717 g/mol. The number of para-hydroxylation sites is 2. The summed E-state index contributed by atoms with van der Waals surface area (Å²) >= 11 is 0. The van der Waals surface area contributed by atoms with Crippen molar-refractivity contribution in [2.45, 2.75) is 0 Å². The van der Waals surface area contributed by atoms with Crippen molar-refractivity contribution in [2.75, 3.05) is 0 Å². The number of hydrogen-bond acceptors (Lipinski definition) is 5. The highest BCUT2D eigenvalue weighted by Crippen LogP contribution is 2.41. The molecule has 0 bridgehead atoms. The van der Waals surface area contributed by atoms with Crippen LogP contribution in [0.3, 0.4) is 0 Å². The molecule has 6 heteroatoms. The lowest BCUT2D eigenvalue weighted by molar-refractivity contribution is 0.669. The van der Waals surface area contributed by atoms with Gasteiger partial charge in [0.1, 0.15) is 17.0 Å². The van der Waals surface area contributed by atoms with E-state index in [1.54, 1.807) is 0 Å². The Morgan fingerprint density at radius 1 is 0.357 bits per heavy atom. The molecule has 0 saturated carbocycles. The summed E-state index contributed by atoms with van der Waals surface area (Å²) in [6.45, 7) is 0. The van der Waals surface area contributed by atoms with Crippen LogP contribution in [0.15, 0.2) is 193 Å². The summed E-state index contributed by atoms with van der Waals surface area (Å²) in [5, 5.41) is 4.29. The molecular weight excluding hydrogens is 687 g/mol. The quantitative estimate of drug-likeness (QED) is 0.171. The van der Waals surface area contributed by atoms with E-state index in [0.717, 1.165) is 82.7 Å². The molecule has 0 unspecified atom stereocenters. The smallest absolute Gasteiger partial charge is 0.167 e. The molecule has 0 N–H and O–H groups in total. The molecule has 11 aromatic rings. The molecule has 6 nitrogen and oxygen atoms in total. The molecule has 262 valence electrons. The first kappa shape index (κ1) is 31.8. The molecule has 4 heterocycles. The molecule has 0 spiro atoms. The largest absolute Gasteiger partial charge is 0.456 e. The molecule has 11 rings (SSSR count). The number of aromatic nitrogens is 5. The van der Waals surface area contributed by atoms with Gasteiger partial charge in [0.05, 0.1) is 16.6 Å². The van der Waals surface area contributed by atoms with Gasteiger partial charge in [0.25, 0.3) is 0 Å². The lowest BCUT2D eigenvalue weighted by Crippen LogP contribution is -2.06. The molecule has 0 aliphatic heterocycles. The van der Waals surface area contributed by atoms with Crippen molar-refractivity contribution in [2.24, 2.45) is 0 Å². The summed E-state index contributed by atoms with van der Waals surface area (Å²) in [6, 6.07) is 62.4. The van der Waals surface area contributed by atoms with Gasteiger partial charge in [-0.15, -0.1) is 0 Å². The minimum Gasteiger partial charge on any atom is -0.456 e. The fourth-order valence-corrected chi connectivity index (χ4v) is 7.90. The lowest BCUT2D eigenvalue weighted by atomic mass is 9.94. The number of nitrogens with zero attached hydrogens (tertiary/aromatic N) is 5. The van der Waals surface area contributed by atoms with E-state index in [2.05, 4.69) is 108 Å². The zero-order valence-corrected chi connectivity index (χ0v) is 30.0. The van der Waals surface area contributed by atoms with Gasteiger partial charge < -0.3 is 4.42 Å². The van der Waals surface area contributed by atoms with E-state index in [1.165, 1.54) is 0 Å². The second-order valence-corrected chi connectivity index (χ2v) is 13.9. The van der Waals surface area contributed by atoms with Gasteiger partial charge in [-0.1, -0.05) is 152 Å². The predicted molar refractivity (Wildman–Crippen MR) is 226 cm³/mol. The predicted octanol–water partition coefficient (Wildman–Crippen LogP) is 12.6. The van der Waals surface area contributed by atoms with Crippen molar-refractivity contribution < 1.29 is 4.42 Å². The van der Waals surface area contributed by atoms with Gasteiger partial charge in [-0.05, 0) is 47.0 Å². The Labute approximate surface area is 322 Å². The fraction of sp³-hybridized carbons (Fsp3) is 0. The molecule has 0 fully saturated rings. The van der Waals surface area contributed by atoms with Crippen molar-refractivity contribution in [3.8, 4) is 62.2 Å². The number of fused-ring (bicyclic) bond motifs is 6. The third-order valence-corrected chi connectivity index (χ3v) is 10.5. The molecule has 56 heavy (non-hydrogen) atoms. The number of hydrogen-bond donors (Lipinski definition) is 0. The van der Waals surface area contributed by atoms with Crippen molar-refractivity contribution in [1.29, 1.82) is 0 Å². The summed E-state index contributed by atoms with van der Waals surface area (Å²) in [7, 11) is 0. The van der Waals surface area contributed by atoms with E-state index in [4.69, 9.17) is 24.4 Å². The van der Waals surface area contributed by atoms with Gasteiger partial charge in [0.2, 0.25) is 0 Å². The SMILES string of the molecule is c1ccc(-c2nc(-c3ccccc3)nc(-c3cc(-c4ccccc4-c4ccccc4)cnc3-n3c4ccccc4c4cc5oc6ccccc6c5cc43)n2)cc1. The Kier molecular flexibility index (Phi) is 7.38. The van der Waals surface area contributed by atoms with Crippen molar-refractivity contribution in [3.63, 3.8) is 0 Å². The normalized spacial score (nSPS) is 11.6. The molecule has 0 saturated heterocycles. The van der Waals surface area contributed by atoms with E-state index in [0.29, 0.717) is 23.3 Å². The molecule has 0 radical (unpaired) electrons. The van der Waals surface area contributed by atoms with Crippen LogP contribution in [-0.4, -0.2) is 24.5 Å². The van der Waals surface area contributed by atoms with Gasteiger partial charge >= 0.3 is 0 Å². The first-order valence-corrected chi connectivity index (χ1v) is 18.6. The Morgan fingerprint density at radius 2 is 0.911 bits per heavy atom. The van der Waals surface area contributed by atoms with E-state index in [-0.39, 0.29) is 0 Å². The molecule has 0 atom stereocenters. The van der Waals surface area contributed by atoms with Crippen LogP contribution in [0.5, 0.6) is 0 Å². The van der Waals surface area contributed by atoms with Crippen LogP contribution < -0.4 is 0 Å². The zero-order valence-electron chi connectivity index (χ0n) is 30.0. The Morgan fingerprint density at radius 3 is 1.61 bits per heavy atom. The average molecular weight is 718 g/mol. The Bertz CT molecular complexity index is 3190. The third kappa shape index (κ3) is 5.27. The van der Waals surface area contributed by atoms with Crippen LogP contribution in [0.2, 0.25) is 0 Å². The molecule has 0 amide bonds. The first-order valence-electron chi connectivity index (χ1n) is 18.6. The maximum Gasteiger partial charge on any atom is 0.167 e. The highest BCUT2D eigenvalue weighted by atomic mass is 16.3. The first-order chi connectivity index (χ1) is 27.8. The van der Waals surface area contributed by atoms with Crippen molar-refractivity contribution in [1.82, 2.24) is 24.5 Å². The third-order valence-electron chi connectivity index (χ3n) is 10.5. The second-order valence-electron chi connectivity index (χ2n) is 13.9. The fourth-order valence-electron chi connectivity index (χ4n) is 7.90. The van der Waals surface area contributed by atoms with E-state index in [9.17, 15) is 0 Å². The number of benzene rings is 7. The second kappa shape index (κ2) is 13.0. The topological polar surface area (TPSA) is 69.6 Å². The van der Waals surface area contributed by atoms with Crippen LogP contribution in [0, 0.1) is 0 Å². The van der Waals surface area contributed by atoms with Crippen LogP contribution >= 0.6 is 0 Å². The minimum absolute atomic E-state index is 0.528.